The normalized spacial score (nSPS) is 53.0. The van der Waals surface area contributed by atoms with Crippen molar-refractivity contribution in [2.45, 2.75) is 129 Å². The molecule has 0 aromatic carbocycles. The van der Waals surface area contributed by atoms with Crippen molar-refractivity contribution in [2.24, 2.45) is 68.0 Å². The third-order valence-corrected chi connectivity index (χ3v) is 16.0. The third-order valence-electron chi connectivity index (χ3n) is 16.0. The van der Waals surface area contributed by atoms with Crippen LogP contribution in [0.2, 0.25) is 0 Å². The van der Waals surface area contributed by atoms with Gasteiger partial charge in [-0.15, -0.1) is 0 Å². The first-order valence-corrected chi connectivity index (χ1v) is 18.7. The SMILES string of the molecule is CCNC(=O)C#CC12CC3CC(C1)CC(C14CC5CC(C1)CC(C16CC7CC(CC(C#CC(=O)NCC)(C7)C1)C6)(C5)C4)(C3)C2. The van der Waals surface area contributed by atoms with Gasteiger partial charge in [-0.2, -0.15) is 0 Å². The van der Waals surface area contributed by atoms with E-state index in [1.54, 1.807) is 0 Å². The second-order valence-electron chi connectivity index (χ2n) is 18.8. The van der Waals surface area contributed by atoms with Gasteiger partial charge in [0.1, 0.15) is 0 Å². The second-order valence-corrected chi connectivity index (χ2v) is 18.8. The summed E-state index contributed by atoms with van der Waals surface area (Å²) < 4.78 is 0. The van der Waals surface area contributed by atoms with Crippen LogP contribution in [0.15, 0.2) is 0 Å². The zero-order valence-electron chi connectivity index (χ0n) is 27.4. The molecule has 0 saturated heterocycles. The van der Waals surface area contributed by atoms with E-state index in [4.69, 9.17) is 0 Å². The molecular formula is C40H54N2O2. The monoisotopic (exact) mass is 594 g/mol. The molecule has 12 fully saturated rings. The highest BCUT2D eigenvalue weighted by atomic mass is 16.2. The Labute approximate surface area is 265 Å². The molecule has 0 aliphatic heterocycles. The summed E-state index contributed by atoms with van der Waals surface area (Å²) in [6.07, 6.45) is 25.0. The summed E-state index contributed by atoms with van der Waals surface area (Å²) in [6.45, 7) is 5.30. The molecule has 44 heavy (non-hydrogen) atoms. The Morgan fingerprint density at radius 1 is 0.500 bits per heavy atom. The van der Waals surface area contributed by atoms with Crippen molar-refractivity contribution in [1.29, 1.82) is 0 Å². The highest BCUT2D eigenvalue weighted by Gasteiger charge is 2.74. The van der Waals surface area contributed by atoms with Gasteiger partial charge >= 0.3 is 0 Å². The maximum atomic E-state index is 12.5. The number of rotatable bonds is 4. The van der Waals surface area contributed by atoms with Crippen LogP contribution in [-0.4, -0.2) is 24.9 Å². The molecule has 0 heterocycles. The van der Waals surface area contributed by atoms with Gasteiger partial charge in [-0.25, -0.2) is 0 Å². The first-order chi connectivity index (χ1) is 21.1. The molecule has 12 rings (SSSR count). The number of carbonyl (C=O) groups excluding carboxylic acids is 2. The molecule has 12 saturated carbocycles. The Hall–Kier alpha value is -1.94. The van der Waals surface area contributed by atoms with Crippen LogP contribution in [0, 0.1) is 91.7 Å². The fraction of sp³-hybridized carbons (Fsp3) is 0.850. The maximum Gasteiger partial charge on any atom is 0.295 e. The molecule has 236 valence electrons. The molecule has 2 amide bonds. The van der Waals surface area contributed by atoms with Gasteiger partial charge in [0.25, 0.3) is 11.8 Å². The summed E-state index contributed by atoms with van der Waals surface area (Å²) in [5.41, 5.74) is 1.99. The van der Waals surface area contributed by atoms with Crippen LogP contribution in [0.25, 0.3) is 0 Å². The minimum absolute atomic E-state index is 0.0722. The molecule has 12 aliphatic carbocycles. The van der Waals surface area contributed by atoms with Crippen LogP contribution in [0.4, 0.5) is 0 Å². The smallest absolute Gasteiger partial charge is 0.295 e. The second kappa shape index (κ2) is 9.33. The van der Waals surface area contributed by atoms with Gasteiger partial charge in [-0.1, -0.05) is 11.8 Å². The van der Waals surface area contributed by atoms with E-state index in [1.807, 2.05) is 13.8 Å². The van der Waals surface area contributed by atoms with Crippen molar-refractivity contribution in [3.8, 4) is 23.7 Å². The first kappa shape index (κ1) is 28.3. The standard InChI is InChI=1S/C40H54N2O2/c1-3-41-33(43)5-7-35-12-27-9-28(13-35)17-37(16-27,24-35)39-20-31-11-32(21-39)23-40(22-31,26-39)38-18-29-10-30(19-38)15-36(14-29,25-38)8-6-34(44)42-4-2/h27-32H,3-4,9-26H2,1-2H3,(H,41,43)(H,42,44). The Balaban J connectivity index is 1.08. The van der Waals surface area contributed by atoms with E-state index in [9.17, 15) is 9.59 Å². The van der Waals surface area contributed by atoms with Gasteiger partial charge < -0.3 is 10.6 Å². The minimum atomic E-state index is -0.0722. The molecule has 0 spiro atoms. The fourth-order valence-corrected chi connectivity index (χ4v) is 16.4. The minimum Gasteiger partial charge on any atom is -0.346 e. The summed E-state index contributed by atoms with van der Waals surface area (Å²) in [5.74, 6) is 18.6. The Kier molecular flexibility index (Phi) is 6.00. The van der Waals surface area contributed by atoms with Gasteiger partial charge in [-0.05, 0) is 198 Å². The largest absolute Gasteiger partial charge is 0.346 e. The lowest BCUT2D eigenvalue weighted by Gasteiger charge is -2.77. The summed E-state index contributed by atoms with van der Waals surface area (Å²) in [4.78, 5) is 25.0. The molecule has 4 atom stereocenters. The first-order valence-electron chi connectivity index (χ1n) is 18.7. The van der Waals surface area contributed by atoms with E-state index in [0.29, 0.717) is 34.7 Å². The molecule has 4 unspecified atom stereocenters. The van der Waals surface area contributed by atoms with Crippen molar-refractivity contribution in [3.05, 3.63) is 0 Å². The van der Waals surface area contributed by atoms with E-state index in [-0.39, 0.29) is 22.6 Å². The van der Waals surface area contributed by atoms with Crippen LogP contribution in [-0.2, 0) is 9.59 Å². The highest BCUT2D eigenvalue weighted by molar-refractivity contribution is 5.94. The lowest BCUT2D eigenvalue weighted by atomic mass is 9.27. The van der Waals surface area contributed by atoms with E-state index in [2.05, 4.69) is 34.3 Å². The van der Waals surface area contributed by atoms with E-state index >= 15 is 0 Å². The average Bonchev–Trinajstić information content (AvgIpc) is 2.94. The number of hydrogen-bond acceptors (Lipinski definition) is 2. The lowest BCUT2D eigenvalue weighted by molar-refractivity contribution is -0.275. The van der Waals surface area contributed by atoms with Gasteiger partial charge in [0.15, 0.2) is 0 Å². The van der Waals surface area contributed by atoms with E-state index in [1.165, 1.54) is 116 Å². The Morgan fingerprint density at radius 3 is 1.11 bits per heavy atom. The van der Waals surface area contributed by atoms with Crippen LogP contribution in [0.3, 0.4) is 0 Å². The van der Waals surface area contributed by atoms with Crippen molar-refractivity contribution < 1.29 is 9.59 Å². The van der Waals surface area contributed by atoms with Crippen molar-refractivity contribution in [1.82, 2.24) is 10.6 Å². The molecule has 4 nitrogen and oxygen atoms in total. The van der Waals surface area contributed by atoms with Gasteiger partial charge in [0.05, 0.1) is 0 Å². The number of hydrogen-bond donors (Lipinski definition) is 2. The molecule has 0 radical (unpaired) electrons. The summed E-state index contributed by atoms with van der Waals surface area (Å²) in [5, 5.41) is 5.89. The summed E-state index contributed by atoms with van der Waals surface area (Å²) in [6, 6.07) is 0. The van der Waals surface area contributed by atoms with Gasteiger partial charge in [0, 0.05) is 23.9 Å². The molecule has 0 aromatic rings. The predicted octanol–water partition coefficient (Wildman–Crippen LogP) is 7.03. The summed E-state index contributed by atoms with van der Waals surface area (Å²) in [7, 11) is 0. The van der Waals surface area contributed by atoms with Crippen molar-refractivity contribution in [3.63, 3.8) is 0 Å². The van der Waals surface area contributed by atoms with E-state index in [0.717, 1.165) is 35.5 Å². The quantitative estimate of drug-likeness (QED) is 0.344. The van der Waals surface area contributed by atoms with E-state index < -0.39 is 0 Å². The predicted molar refractivity (Wildman–Crippen MR) is 172 cm³/mol. The van der Waals surface area contributed by atoms with Gasteiger partial charge in [0.2, 0.25) is 0 Å². The average molecular weight is 595 g/mol. The van der Waals surface area contributed by atoms with Crippen LogP contribution in [0.5, 0.6) is 0 Å². The lowest BCUT2D eigenvalue weighted by Crippen LogP contribution is -2.68. The molecule has 12 bridgehead atoms. The number of carbonyl (C=O) groups is 2. The zero-order valence-corrected chi connectivity index (χ0v) is 27.4. The number of amides is 2. The Bertz CT molecular complexity index is 1260. The van der Waals surface area contributed by atoms with Crippen LogP contribution in [0.1, 0.15) is 129 Å². The van der Waals surface area contributed by atoms with Crippen molar-refractivity contribution in [2.75, 3.05) is 13.1 Å². The Morgan fingerprint density at radius 2 is 0.795 bits per heavy atom. The molecule has 0 aromatic heterocycles. The van der Waals surface area contributed by atoms with Crippen LogP contribution >= 0.6 is 0 Å². The molecule has 2 N–H and O–H groups in total. The van der Waals surface area contributed by atoms with Crippen LogP contribution < -0.4 is 10.6 Å². The van der Waals surface area contributed by atoms with Gasteiger partial charge in [-0.3, -0.25) is 9.59 Å². The highest BCUT2D eigenvalue weighted by Crippen LogP contribution is 2.83. The molecule has 12 aliphatic rings. The number of nitrogens with one attached hydrogen (secondary N) is 2. The maximum absolute atomic E-state index is 12.5. The third kappa shape index (κ3) is 3.97. The molecular weight excluding hydrogens is 540 g/mol. The topological polar surface area (TPSA) is 58.2 Å². The van der Waals surface area contributed by atoms with Crippen molar-refractivity contribution >= 4 is 11.8 Å². The summed E-state index contributed by atoms with van der Waals surface area (Å²) >= 11 is 0. The fourth-order valence-electron chi connectivity index (χ4n) is 16.4. The molecule has 4 heteroatoms. The zero-order chi connectivity index (χ0) is 30.0.